The number of anilines is 1. The first-order chi connectivity index (χ1) is 15.0. The summed E-state index contributed by atoms with van der Waals surface area (Å²) in [4.78, 5) is 38.6. The monoisotopic (exact) mass is 411 g/mol. The van der Waals surface area contributed by atoms with Crippen molar-refractivity contribution in [2.24, 2.45) is 0 Å². The van der Waals surface area contributed by atoms with Gasteiger partial charge in [-0.2, -0.15) is 4.57 Å². The van der Waals surface area contributed by atoms with Gasteiger partial charge < -0.3 is 5.32 Å². The second-order valence-electron chi connectivity index (χ2n) is 8.28. The van der Waals surface area contributed by atoms with Gasteiger partial charge in [0.15, 0.2) is 24.0 Å². The lowest BCUT2D eigenvalue weighted by Gasteiger charge is -2.18. The van der Waals surface area contributed by atoms with E-state index in [-0.39, 0.29) is 17.5 Å². The second-order valence-corrected chi connectivity index (χ2v) is 8.28. The van der Waals surface area contributed by atoms with Crippen LogP contribution in [0, 0.1) is 0 Å². The number of rotatable bonds is 3. The van der Waals surface area contributed by atoms with Crippen LogP contribution in [-0.4, -0.2) is 17.5 Å². The molecular formula is C26H23N2O3+. The third-order valence-corrected chi connectivity index (χ3v) is 6.33. The summed E-state index contributed by atoms with van der Waals surface area (Å²) in [7, 11) is 0. The molecular weight excluding hydrogens is 388 g/mol. The van der Waals surface area contributed by atoms with Gasteiger partial charge in [0, 0.05) is 46.5 Å². The van der Waals surface area contributed by atoms with Crippen LogP contribution in [0.25, 0.3) is 0 Å². The highest BCUT2D eigenvalue weighted by molar-refractivity contribution is 6.28. The van der Waals surface area contributed by atoms with Gasteiger partial charge in [-0.15, -0.1) is 0 Å². The Bertz CT molecular complexity index is 1250. The number of ketones is 2. The number of nitrogens with zero attached hydrogens (tertiary/aromatic N) is 1. The second kappa shape index (κ2) is 7.58. The van der Waals surface area contributed by atoms with Crippen molar-refractivity contribution in [1.29, 1.82) is 0 Å². The summed E-state index contributed by atoms with van der Waals surface area (Å²) in [5, 5.41) is 2.91. The Kier molecular flexibility index (Phi) is 4.74. The van der Waals surface area contributed by atoms with E-state index in [1.807, 2.05) is 17.7 Å². The number of nitrogens with one attached hydrogen (secondary N) is 1. The van der Waals surface area contributed by atoms with Crippen molar-refractivity contribution in [3.8, 4) is 0 Å². The average Bonchev–Trinajstić information content (AvgIpc) is 2.81. The predicted molar refractivity (Wildman–Crippen MR) is 116 cm³/mol. The van der Waals surface area contributed by atoms with E-state index in [4.69, 9.17) is 0 Å². The molecule has 1 atom stereocenters. The molecule has 5 heteroatoms. The summed E-state index contributed by atoms with van der Waals surface area (Å²) < 4.78 is 1.93. The van der Waals surface area contributed by atoms with Crippen molar-refractivity contribution < 1.29 is 19.0 Å². The average molecular weight is 411 g/mol. The van der Waals surface area contributed by atoms with Crippen molar-refractivity contribution in [3.63, 3.8) is 0 Å². The molecule has 5 nitrogen and oxygen atoms in total. The quantitative estimate of drug-likeness (QED) is 0.521. The maximum absolute atomic E-state index is 12.9. The van der Waals surface area contributed by atoms with Crippen LogP contribution < -0.4 is 9.88 Å². The number of amides is 1. The number of hydrogen-bond acceptors (Lipinski definition) is 3. The zero-order valence-corrected chi connectivity index (χ0v) is 17.4. The van der Waals surface area contributed by atoms with Gasteiger partial charge in [-0.3, -0.25) is 14.4 Å². The standard InChI is InChI=1S/C26H22N2O3/c1-16(28-13-12-17-6-2-3-7-18(17)15-28)26(31)27-19-10-11-22-23(14-19)25(30)21-9-5-4-8-20(21)24(22)29/h4-5,8-16H,2-3,6-7H2,1H3/p+1/t16-/m0/s1. The van der Waals surface area contributed by atoms with Gasteiger partial charge in [0.1, 0.15) is 0 Å². The number of aromatic nitrogens is 1. The van der Waals surface area contributed by atoms with Crippen LogP contribution in [0.4, 0.5) is 5.69 Å². The molecule has 2 aliphatic carbocycles. The molecule has 0 saturated carbocycles. The Hall–Kier alpha value is -3.60. The highest BCUT2D eigenvalue weighted by atomic mass is 16.2. The molecule has 0 bridgehead atoms. The number of hydrogen-bond donors (Lipinski definition) is 1. The highest BCUT2D eigenvalue weighted by Crippen LogP contribution is 2.29. The largest absolute Gasteiger partial charge is 0.320 e. The summed E-state index contributed by atoms with van der Waals surface area (Å²) in [6.07, 6.45) is 8.58. The minimum absolute atomic E-state index is 0.166. The van der Waals surface area contributed by atoms with E-state index in [0.717, 1.165) is 12.8 Å². The lowest BCUT2D eigenvalue weighted by atomic mass is 9.84. The Morgan fingerprint density at radius 2 is 1.52 bits per heavy atom. The Balaban J connectivity index is 1.39. The van der Waals surface area contributed by atoms with E-state index in [9.17, 15) is 14.4 Å². The van der Waals surface area contributed by atoms with Gasteiger partial charge >= 0.3 is 0 Å². The van der Waals surface area contributed by atoms with Crippen LogP contribution in [-0.2, 0) is 17.6 Å². The van der Waals surface area contributed by atoms with Crippen LogP contribution in [0.15, 0.2) is 60.9 Å². The molecule has 154 valence electrons. The van der Waals surface area contributed by atoms with Crippen LogP contribution in [0.1, 0.15) is 68.8 Å². The molecule has 0 spiro atoms. The molecule has 0 fully saturated rings. The molecule has 1 heterocycles. The number of fused-ring (bicyclic) bond motifs is 3. The van der Waals surface area contributed by atoms with Crippen molar-refractivity contribution in [1.82, 2.24) is 0 Å². The predicted octanol–water partition coefficient (Wildman–Crippen LogP) is 3.83. The van der Waals surface area contributed by atoms with Crippen LogP contribution in [0.3, 0.4) is 0 Å². The first-order valence-electron chi connectivity index (χ1n) is 10.7. The SMILES string of the molecule is C[C@@H](C(=O)Nc1ccc2c(c1)C(=O)c1ccccc1C2=O)[n+]1ccc2c(c1)CCCC2. The van der Waals surface area contributed by atoms with Gasteiger partial charge in [-0.25, -0.2) is 0 Å². The minimum Gasteiger partial charge on any atom is -0.320 e. The first kappa shape index (κ1) is 19.4. The number of pyridine rings is 1. The fourth-order valence-corrected chi connectivity index (χ4v) is 4.49. The third-order valence-electron chi connectivity index (χ3n) is 6.33. The molecule has 31 heavy (non-hydrogen) atoms. The molecule has 0 unspecified atom stereocenters. The van der Waals surface area contributed by atoms with Crippen molar-refractivity contribution in [2.75, 3.05) is 5.32 Å². The van der Waals surface area contributed by atoms with Crippen LogP contribution in [0.5, 0.6) is 0 Å². The topological polar surface area (TPSA) is 67.1 Å². The Morgan fingerprint density at radius 3 is 2.26 bits per heavy atom. The fourth-order valence-electron chi connectivity index (χ4n) is 4.49. The number of benzene rings is 2. The molecule has 1 aromatic heterocycles. The normalized spacial score (nSPS) is 15.5. The minimum atomic E-state index is -0.402. The Labute approximate surface area is 180 Å². The fraction of sp³-hybridized carbons (Fsp3) is 0.231. The van der Waals surface area contributed by atoms with Crippen molar-refractivity contribution in [2.45, 2.75) is 38.6 Å². The van der Waals surface area contributed by atoms with E-state index in [0.29, 0.717) is 27.9 Å². The molecule has 3 aromatic rings. The third kappa shape index (κ3) is 3.36. The van der Waals surface area contributed by atoms with E-state index in [1.165, 1.54) is 24.0 Å². The van der Waals surface area contributed by atoms with Gasteiger partial charge in [0.2, 0.25) is 6.04 Å². The molecule has 2 aromatic carbocycles. The van der Waals surface area contributed by atoms with Crippen molar-refractivity contribution in [3.05, 3.63) is 94.3 Å². The van der Waals surface area contributed by atoms with Gasteiger partial charge in [-0.1, -0.05) is 24.3 Å². The smallest absolute Gasteiger partial charge is 0.293 e. The molecule has 1 amide bonds. The van der Waals surface area contributed by atoms with E-state index < -0.39 is 6.04 Å². The maximum atomic E-state index is 12.9. The summed E-state index contributed by atoms with van der Waals surface area (Å²) in [5.41, 5.74) is 4.72. The molecule has 0 saturated heterocycles. The highest BCUT2D eigenvalue weighted by Gasteiger charge is 2.30. The van der Waals surface area contributed by atoms with Crippen LogP contribution in [0.2, 0.25) is 0 Å². The summed E-state index contributed by atoms with van der Waals surface area (Å²) >= 11 is 0. The zero-order chi connectivity index (χ0) is 21.5. The molecule has 0 aliphatic heterocycles. The first-order valence-corrected chi connectivity index (χ1v) is 10.7. The maximum Gasteiger partial charge on any atom is 0.293 e. The summed E-state index contributed by atoms with van der Waals surface area (Å²) in [6.45, 7) is 1.86. The molecule has 1 N–H and O–H groups in total. The van der Waals surface area contributed by atoms with Gasteiger partial charge in [0.25, 0.3) is 5.91 Å². The Morgan fingerprint density at radius 1 is 0.871 bits per heavy atom. The summed E-state index contributed by atoms with van der Waals surface area (Å²) in [6, 6.07) is 13.5. The van der Waals surface area contributed by atoms with Gasteiger partial charge in [0.05, 0.1) is 0 Å². The lowest BCUT2D eigenvalue weighted by molar-refractivity contribution is -0.706. The van der Waals surface area contributed by atoms with Crippen molar-refractivity contribution >= 4 is 23.2 Å². The van der Waals surface area contributed by atoms with E-state index in [2.05, 4.69) is 17.6 Å². The summed E-state index contributed by atoms with van der Waals surface area (Å²) in [5.74, 6) is -0.532. The van der Waals surface area contributed by atoms with Crippen LogP contribution >= 0.6 is 0 Å². The van der Waals surface area contributed by atoms with E-state index in [1.54, 1.807) is 42.5 Å². The lowest BCUT2D eigenvalue weighted by Crippen LogP contribution is -2.44. The number of carbonyl (C=O) groups is 3. The molecule has 2 aliphatic rings. The molecule has 5 rings (SSSR count). The van der Waals surface area contributed by atoms with Gasteiger partial charge in [-0.05, 0) is 49.4 Å². The number of carbonyl (C=O) groups excluding carboxylic acids is 3. The molecule has 0 radical (unpaired) electrons. The zero-order valence-electron chi connectivity index (χ0n) is 17.4. The van der Waals surface area contributed by atoms with E-state index >= 15 is 0 Å². The number of aryl methyl sites for hydroxylation is 2.